The van der Waals surface area contributed by atoms with Crippen LogP contribution in [0, 0.1) is 0 Å². The molecular weight excluding hydrogens is 330 g/mol. The van der Waals surface area contributed by atoms with Gasteiger partial charge >= 0.3 is 0 Å². The first-order chi connectivity index (χ1) is 11.5. The molecule has 1 atom stereocenters. The fraction of sp³-hybridized carbons (Fsp3) is 0.647. The predicted octanol–water partition coefficient (Wildman–Crippen LogP) is 1.87. The summed E-state index contributed by atoms with van der Waals surface area (Å²) >= 11 is 0. The lowest BCUT2D eigenvalue weighted by atomic mass is 10.1. The van der Waals surface area contributed by atoms with E-state index in [1.165, 1.54) is 0 Å². The predicted molar refractivity (Wildman–Crippen MR) is 91.7 cm³/mol. The lowest BCUT2D eigenvalue weighted by Crippen LogP contribution is -2.35. The summed E-state index contributed by atoms with van der Waals surface area (Å²) in [6.45, 7) is 4.75. The molecule has 1 aromatic carbocycles. The Bertz CT molecular complexity index is 688. The second kappa shape index (κ2) is 7.19. The molecule has 7 heteroatoms. The second-order valence-corrected chi connectivity index (χ2v) is 8.51. The Morgan fingerprint density at radius 3 is 2.54 bits per heavy atom. The Hall–Kier alpha value is -1.47. The van der Waals surface area contributed by atoms with Gasteiger partial charge in [0.1, 0.15) is 5.75 Å². The number of methoxy groups -OCH3 is 1. The summed E-state index contributed by atoms with van der Waals surface area (Å²) in [4.78, 5) is 2.20. The van der Waals surface area contributed by atoms with E-state index in [0.717, 1.165) is 30.0 Å². The third-order valence-corrected chi connectivity index (χ3v) is 6.41. The van der Waals surface area contributed by atoms with Crippen LogP contribution >= 0.6 is 0 Å². The smallest absolute Gasteiger partial charge is 0.164 e. The maximum absolute atomic E-state index is 11.8. The Balaban J connectivity index is 1.83. The Morgan fingerprint density at radius 1 is 1.25 bits per heavy atom. The molecule has 0 N–H and O–H groups in total. The highest BCUT2D eigenvalue weighted by Crippen LogP contribution is 2.37. The van der Waals surface area contributed by atoms with Gasteiger partial charge in [0.05, 0.1) is 31.8 Å². The molecule has 1 saturated heterocycles. The van der Waals surface area contributed by atoms with Crippen LogP contribution in [-0.2, 0) is 16.4 Å². The van der Waals surface area contributed by atoms with E-state index in [9.17, 15) is 8.42 Å². The largest absolute Gasteiger partial charge is 0.496 e. The first kappa shape index (κ1) is 17.4. The molecule has 2 aliphatic rings. The Kier molecular flexibility index (Phi) is 5.20. The van der Waals surface area contributed by atoms with Crippen LogP contribution in [0.2, 0.25) is 0 Å². The highest BCUT2D eigenvalue weighted by Gasteiger charge is 2.32. The van der Waals surface area contributed by atoms with Crippen LogP contribution in [0.1, 0.15) is 25.3 Å². The van der Waals surface area contributed by atoms with Gasteiger partial charge in [-0.15, -0.1) is 0 Å². The van der Waals surface area contributed by atoms with Gasteiger partial charge in [-0.3, -0.25) is 4.90 Å². The van der Waals surface area contributed by atoms with Gasteiger partial charge in [-0.1, -0.05) is 6.92 Å². The van der Waals surface area contributed by atoms with Crippen LogP contribution in [-0.4, -0.2) is 57.7 Å². The molecule has 0 saturated carbocycles. The van der Waals surface area contributed by atoms with Crippen LogP contribution in [0.5, 0.6) is 17.2 Å². The topological polar surface area (TPSA) is 65.1 Å². The average Bonchev–Trinajstić information content (AvgIpc) is 2.78. The summed E-state index contributed by atoms with van der Waals surface area (Å²) in [5.41, 5.74) is 0.993. The van der Waals surface area contributed by atoms with E-state index in [-0.39, 0.29) is 17.5 Å². The summed E-state index contributed by atoms with van der Waals surface area (Å²) < 4.78 is 40.6. The summed E-state index contributed by atoms with van der Waals surface area (Å²) in [5, 5.41) is 0. The Labute approximate surface area is 143 Å². The monoisotopic (exact) mass is 355 g/mol. The van der Waals surface area contributed by atoms with E-state index in [1.54, 1.807) is 7.11 Å². The van der Waals surface area contributed by atoms with E-state index in [0.29, 0.717) is 31.9 Å². The van der Waals surface area contributed by atoms with Gasteiger partial charge in [0.2, 0.25) is 0 Å². The highest BCUT2D eigenvalue weighted by molar-refractivity contribution is 7.91. The molecule has 0 bridgehead atoms. The fourth-order valence-corrected chi connectivity index (χ4v) is 5.09. The molecule has 0 amide bonds. The standard InChI is InChI=1S/C17H25NO5S/c1-3-18(14-5-8-24(19,20)12-14)11-13-9-16-17(10-15(13)21-2)23-7-4-6-22-16/h9-10,14H,3-8,11-12H2,1-2H3. The number of nitrogens with zero attached hydrogens (tertiary/aromatic N) is 1. The van der Waals surface area contributed by atoms with Crippen molar-refractivity contribution in [2.75, 3.05) is 38.4 Å². The fourth-order valence-electron chi connectivity index (χ4n) is 3.33. The van der Waals surface area contributed by atoms with Crippen LogP contribution in [0.25, 0.3) is 0 Å². The molecular formula is C17H25NO5S. The summed E-state index contributed by atoms with van der Waals surface area (Å²) in [6.07, 6.45) is 1.55. The third-order valence-electron chi connectivity index (χ3n) is 4.65. The van der Waals surface area contributed by atoms with E-state index in [4.69, 9.17) is 14.2 Å². The summed E-state index contributed by atoms with van der Waals surface area (Å²) in [6, 6.07) is 3.90. The van der Waals surface area contributed by atoms with Crippen molar-refractivity contribution in [3.05, 3.63) is 17.7 Å². The Morgan fingerprint density at radius 2 is 1.96 bits per heavy atom. The first-order valence-electron chi connectivity index (χ1n) is 8.43. The second-order valence-electron chi connectivity index (χ2n) is 6.28. The zero-order valence-corrected chi connectivity index (χ0v) is 15.1. The molecule has 3 rings (SSSR count). The number of rotatable bonds is 5. The molecule has 0 aromatic heterocycles. The van der Waals surface area contributed by atoms with Gasteiger partial charge in [-0.2, -0.15) is 0 Å². The maximum atomic E-state index is 11.8. The molecule has 1 aromatic rings. The van der Waals surface area contributed by atoms with Crippen molar-refractivity contribution >= 4 is 9.84 Å². The van der Waals surface area contributed by atoms with Gasteiger partial charge in [0.25, 0.3) is 0 Å². The minimum absolute atomic E-state index is 0.0701. The number of benzene rings is 1. The van der Waals surface area contributed by atoms with Gasteiger partial charge in [0.15, 0.2) is 21.3 Å². The molecule has 0 spiro atoms. The van der Waals surface area contributed by atoms with Crippen molar-refractivity contribution in [3.8, 4) is 17.2 Å². The number of hydrogen-bond acceptors (Lipinski definition) is 6. The lowest BCUT2D eigenvalue weighted by molar-refractivity contribution is 0.211. The molecule has 1 unspecified atom stereocenters. The zero-order chi connectivity index (χ0) is 17.2. The summed E-state index contributed by atoms with van der Waals surface area (Å²) in [7, 11) is -1.26. The van der Waals surface area contributed by atoms with Gasteiger partial charge in [-0.25, -0.2) is 8.42 Å². The van der Waals surface area contributed by atoms with Crippen molar-refractivity contribution in [1.82, 2.24) is 4.90 Å². The SMILES string of the molecule is CCN(Cc1cc2c(cc1OC)OCCCO2)C1CCS(=O)(=O)C1. The van der Waals surface area contributed by atoms with Crippen molar-refractivity contribution in [1.29, 1.82) is 0 Å². The minimum Gasteiger partial charge on any atom is -0.496 e. The highest BCUT2D eigenvalue weighted by atomic mass is 32.2. The minimum atomic E-state index is -2.90. The lowest BCUT2D eigenvalue weighted by Gasteiger charge is -2.27. The van der Waals surface area contributed by atoms with Crippen molar-refractivity contribution in [2.45, 2.75) is 32.4 Å². The third kappa shape index (κ3) is 3.78. The molecule has 1 fully saturated rings. The summed E-state index contributed by atoms with van der Waals surface area (Å²) in [5.74, 6) is 2.72. The number of ether oxygens (including phenoxy) is 3. The maximum Gasteiger partial charge on any atom is 0.164 e. The van der Waals surface area contributed by atoms with Gasteiger partial charge in [-0.05, 0) is 19.0 Å². The van der Waals surface area contributed by atoms with Crippen LogP contribution < -0.4 is 14.2 Å². The average molecular weight is 355 g/mol. The molecule has 0 aliphatic carbocycles. The van der Waals surface area contributed by atoms with Crippen molar-refractivity contribution < 1.29 is 22.6 Å². The van der Waals surface area contributed by atoms with E-state index in [2.05, 4.69) is 11.8 Å². The molecule has 2 heterocycles. The van der Waals surface area contributed by atoms with Crippen LogP contribution in [0.4, 0.5) is 0 Å². The van der Waals surface area contributed by atoms with Crippen LogP contribution in [0.3, 0.4) is 0 Å². The number of sulfone groups is 1. The quantitative estimate of drug-likeness (QED) is 0.803. The molecule has 0 radical (unpaired) electrons. The van der Waals surface area contributed by atoms with E-state index >= 15 is 0 Å². The van der Waals surface area contributed by atoms with Crippen molar-refractivity contribution in [3.63, 3.8) is 0 Å². The normalized spacial score (nSPS) is 22.4. The van der Waals surface area contributed by atoms with E-state index < -0.39 is 9.84 Å². The van der Waals surface area contributed by atoms with E-state index in [1.807, 2.05) is 12.1 Å². The molecule has 134 valence electrons. The first-order valence-corrected chi connectivity index (χ1v) is 10.3. The molecule has 2 aliphatic heterocycles. The molecule has 6 nitrogen and oxygen atoms in total. The van der Waals surface area contributed by atoms with Crippen molar-refractivity contribution in [2.24, 2.45) is 0 Å². The molecule has 24 heavy (non-hydrogen) atoms. The zero-order valence-electron chi connectivity index (χ0n) is 14.3. The van der Waals surface area contributed by atoms with Gasteiger partial charge in [0, 0.05) is 30.6 Å². The van der Waals surface area contributed by atoms with Crippen LogP contribution in [0.15, 0.2) is 12.1 Å². The van der Waals surface area contributed by atoms with Gasteiger partial charge < -0.3 is 14.2 Å². The number of hydrogen-bond donors (Lipinski definition) is 0. The number of fused-ring (bicyclic) bond motifs is 1.